The summed E-state index contributed by atoms with van der Waals surface area (Å²) in [6, 6.07) is 16.1. The second-order valence-electron chi connectivity index (χ2n) is 7.79. The molecule has 1 fully saturated rings. The molecule has 3 rings (SSSR count). The van der Waals surface area contributed by atoms with Crippen LogP contribution in [0.5, 0.6) is 5.75 Å². The highest BCUT2D eigenvalue weighted by Crippen LogP contribution is 2.27. The molecule has 2 atom stereocenters. The maximum Gasteiger partial charge on any atom is 0.241 e. The molecule has 2 unspecified atom stereocenters. The Morgan fingerprint density at radius 2 is 1.79 bits per heavy atom. The van der Waals surface area contributed by atoms with Crippen LogP contribution in [-0.4, -0.2) is 50.1 Å². The van der Waals surface area contributed by atoms with Crippen molar-refractivity contribution in [1.82, 2.24) is 4.90 Å². The monoisotopic (exact) mass is 395 g/mol. The number of hydrogen-bond donors (Lipinski definition) is 1. The lowest BCUT2D eigenvalue weighted by Gasteiger charge is -2.38. The van der Waals surface area contributed by atoms with Gasteiger partial charge in [0.15, 0.2) is 0 Å². The number of methoxy groups -OCH3 is 1. The van der Waals surface area contributed by atoms with Gasteiger partial charge in [0, 0.05) is 43.6 Å². The zero-order valence-corrected chi connectivity index (χ0v) is 18.0. The van der Waals surface area contributed by atoms with Crippen molar-refractivity contribution in [3.63, 3.8) is 0 Å². The minimum Gasteiger partial charge on any atom is -0.497 e. The summed E-state index contributed by atoms with van der Waals surface area (Å²) >= 11 is 0. The van der Waals surface area contributed by atoms with Crippen molar-refractivity contribution < 1.29 is 9.53 Å². The first-order valence-corrected chi connectivity index (χ1v) is 10.6. The van der Waals surface area contributed by atoms with Gasteiger partial charge in [0.1, 0.15) is 5.75 Å². The largest absolute Gasteiger partial charge is 0.497 e. The number of benzene rings is 2. The highest BCUT2D eigenvalue weighted by molar-refractivity contribution is 5.95. The van der Waals surface area contributed by atoms with Crippen molar-refractivity contribution in [2.45, 2.75) is 39.2 Å². The van der Waals surface area contributed by atoms with E-state index in [1.165, 1.54) is 11.3 Å². The molecule has 0 aromatic heterocycles. The predicted octanol–water partition coefficient (Wildman–Crippen LogP) is 4.36. The molecule has 0 saturated carbocycles. The SMILES string of the molecule is CCC(C)c1ccccc1NC(=O)C(C)N1CCN(c2cccc(OC)c2)CC1. The van der Waals surface area contributed by atoms with Crippen LogP contribution in [0.2, 0.25) is 0 Å². The quantitative estimate of drug-likeness (QED) is 0.757. The molecule has 156 valence electrons. The van der Waals surface area contributed by atoms with Crippen molar-refractivity contribution >= 4 is 17.3 Å². The van der Waals surface area contributed by atoms with Crippen LogP contribution in [0.25, 0.3) is 0 Å². The van der Waals surface area contributed by atoms with Crippen LogP contribution in [0.4, 0.5) is 11.4 Å². The third kappa shape index (κ3) is 5.10. The number of anilines is 2. The van der Waals surface area contributed by atoms with E-state index in [9.17, 15) is 4.79 Å². The fraction of sp³-hybridized carbons (Fsp3) is 0.458. The Labute approximate surface area is 174 Å². The predicted molar refractivity (Wildman–Crippen MR) is 120 cm³/mol. The van der Waals surface area contributed by atoms with E-state index < -0.39 is 0 Å². The second kappa shape index (κ2) is 9.79. The average Bonchev–Trinajstić information content (AvgIpc) is 2.78. The number of hydrogen-bond acceptors (Lipinski definition) is 4. The summed E-state index contributed by atoms with van der Waals surface area (Å²) in [4.78, 5) is 17.5. The van der Waals surface area contributed by atoms with Crippen LogP contribution < -0.4 is 15.0 Å². The van der Waals surface area contributed by atoms with Crippen molar-refractivity contribution in [3.05, 3.63) is 54.1 Å². The highest BCUT2D eigenvalue weighted by atomic mass is 16.5. The second-order valence-corrected chi connectivity index (χ2v) is 7.79. The Balaban J connectivity index is 1.59. The number of nitrogens with zero attached hydrogens (tertiary/aromatic N) is 2. The maximum atomic E-state index is 12.9. The van der Waals surface area contributed by atoms with Gasteiger partial charge >= 0.3 is 0 Å². The van der Waals surface area contributed by atoms with Gasteiger partial charge in [-0.25, -0.2) is 0 Å². The van der Waals surface area contributed by atoms with Crippen molar-refractivity contribution in [3.8, 4) is 5.75 Å². The number of carbonyl (C=O) groups is 1. The number of para-hydroxylation sites is 1. The van der Waals surface area contributed by atoms with Gasteiger partial charge in [-0.3, -0.25) is 9.69 Å². The molecule has 1 N–H and O–H groups in total. The van der Waals surface area contributed by atoms with E-state index in [1.54, 1.807) is 7.11 Å². The van der Waals surface area contributed by atoms with Crippen LogP contribution in [0, 0.1) is 0 Å². The number of ether oxygens (including phenoxy) is 1. The number of carbonyl (C=O) groups excluding carboxylic acids is 1. The lowest BCUT2D eigenvalue weighted by atomic mass is 9.97. The summed E-state index contributed by atoms with van der Waals surface area (Å²) in [6.07, 6.45) is 1.05. The van der Waals surface area contributed by atoms with Gasteiger partial charge in [0.25, 0.3) is 0 Å². The maximum absolute atomic E-state index is 12.9. The Morgan fingerprint density at radius 3 is 2.48 bits per heavy atom. The first kappa shape index (κ1) is 21.2. The summed E-state index contributed by atoms with van der Waals surface area (Å²) in [5.74, 6) is 1.36. The van der Waals surface area contributed by atoms with E-state index in [0.29, 0.717) is 5.92 Å². The fourth-order valence-corrected chi connectivity index (χ4v) is 3.84. The third-order valence-corrected chi connectivity index (χ3v) is 6.02. The molecule has 1 aliphatic heterocycles. The summed E-state index contributed by atoms with van der Waals surface area (Å²) in [5, 5.41) is 3.17. The van der Waals surface area contributed by atoms with Gasteiger partial charge < -0.3 is 15.0 Å². The van der Waals surface area contributed by atoms with Crippen LogP contribution in [0.15, 0.2) is 48.5 Å². The Bertz CT molecular complexity index is 815. The van der Waals surface area contributed by atoms with Crippen LogP contribution in [0.1, 0.15) is 38.7 Å². The van der Waals surface area contributed by atoms with Crippen LogP contribution in [0.3, 0.4) is 0 Å². The van der Waals surface area contributed by atoms with Gasteiger partial charge in [0.2, 0.25) is 5.91 Å². The molecule has 0 radical (unpaired) electrons. The topological polar surface area (TPSA) is 44.8 Å². The molecule has 2 aromatic rings. The van der Waals surface area contributed by atoms with E-state index in [-0.39, 0.29) is 11.9 Å². The number of piperazine rings is 1. The Hall–Kier alpha value is -2.53. The van der Waals surface area contributed by atoms with E-state index in [0.717, 1.165) is 44.0 Å². The summed E-state index contributed by atoms with van der Waals surface area (Å²) in [5.41, 5.74) is 3.32. The van der Waals surface area contributed by atoms with Gasteiger partial charge in [-0.2, -0.15) is 0 Å². The first-order valence-electron chi connectivity index (χ1n) is 10.6. The molecule has 1 amide bonds. The third-order valence-electron chi connectivity index (χ3n) is 6.02. The minimum absolute atomic E-state index is 0.0654. The zero-order chi connectivity index (χ0) is 20.8. The molecule has 1 saturated heterocycles. The Morgan fingerprint density at radius 1 is 1.07 bits per heavy atom. The van der Waals surface area contributed by atoms with Gasteiger partial charge in [-0.05, 0) is 43.0 Å². The molecular weight excluding hydrogens is 362 g/mol. The fourth-order valence-electron chi connectivity index (χ4n) is 3.84. The van der Waals surface area contributed by atoms with E-state index in [4.69, 9.17) is 4.74 Å². The van der Waals surface area contributed by atoms with Crippen molar-refractivity contribution in [1.29, 1.82) is 0 Å². The molecule has 0 spiro atoms. The van der Waals surface area contributed by atoms with Crippen LogP contribution in [-0.2, 0) is 4.79 Å². The molecule has 29 heavy (non-hydrogen) atoms. The van der Waals surface area contributed by atoms with E-state index >= 15 is 0 Å². The van der Waals surface area contributed by atoms with Crippen molar-refractivity contribution in [2.75, 3.05) is 43.5 Å². The van der Waals surface area contributed by atoms with E-state index in [1.807, 2.05) is 37.3 Å². The summed E-state index contributed by atoms with van der Waals surface area (Å²) < 4.78 is 5.34. The number of rotatable bonds is 7. The van der Waals surface area contributed by atoms with Gasteiger partial charge in [0.05, 0.1) is 13.2 Å². The molecular formula is C24H33N3O2. The zero-order valence-electron chi connectivity index (χ0n) is 18.0. The minimum atomic E-state index is -0.160. The molecule has 1 aliphatic rings. The lowest BCUT2D eigenvalue weighted by Crippen LogP contribution is -2.52. The molecule has 5 nitrogen and oxygen atoms in total. The standard InChI is InChI=1S/C24H33N3O2/c1-5-18(2)22-11-6-7-12-23(22)25-24(28)19(3)26-13-15-27(16-14-26)20-9-8-10-21(17-20)29-4/h6-12,17-19H,5,13-16H2,1-4H3,(H,25,28). The summed E-state index contributed by atoms with van der Waals surface area (Å²) in [6.45, 7) is 9.89. The Kier molecular flexibility index (Phi) is 7.15. The number of amides is 1. The summed E-state index contributed by atoms with van der Waals surface area (Å²) in [7, 11) is 1.69. The molecule has 5 heteroatoms. The van der Waals surface area contributed by atoms with Gasteiger partial charge in [-0.1, -0.05) is 38.1 Å². The smallest absolute Gasteiger partial charge is 0.241 e. The first-order chi connectivity index (χ1) is 14.0. The molecule has 0 aliphatic carbocycles. The lowest BCUT2D eigenvalue weighted by molar-refractivity contribution is -0.120. The average molecular weight is 396 g/mol. The van der Waals surface area contributed by atoms with Crippen LogP contribution >= 0.6 is 0 Å². The molecule has 2 aromatic carbocycles. The highest BCUT2D eigenvalue weighted by Gasteiger charge is 2.26. The van der Waals surface area contributed by atoms with E-state index in [2.05, 4.69) is 47.2 Å². The number of nitrogens with one attached hydrogen (secondary N) is 1. The van der Waals surface area contributed by atoms with Gasteiger partial charge in [-0.15, -0.1) is 0 Å². The van der Waals surface area contributed by atoms with Crippen molar-refractivity contribution in [2.24, 2.45) is 0 Å². The molecule has 1 heterocycles. The molecule has 0 bridgehead atoms. The normalized spacial score (nSPS) is 16.9.